The molecule has 5 heteroatoms. The molecular weight excluding hydrogens is 386 g/mol. The number of likely N-dealkylation sites (tertiary alicyclic amines) is 1. The highest BCUT2D eigenvalue weighted by atomic mass is 16.5. The van der Waals surface area contributed by atoms with E-state index in [0.717, 1.165) is 56.2 Å². The van der Waals surface area contributed by atoms with Gasteiger partial charge in [0.2, 0.25) is 0 Å². The van der Waals surface area contributed by atoms with Crippen molar-refractivity contribution < 1.29 is 9.53 Å². The van der Waals surface area contributed by atoms with Crippen molar-refractivity contribution in [2.24, 2.45) is 5.41 Å². The van der Waals surface area contributed by atoms with Crippen LogP contribution in [-0.4, -0.2) is 51.3 Å². The first-order valence-corrected chi connectivity index (χ1v) is 12.5. The minimum atomic E-state index is -0.288. The second-order valence-corrected chi connectivity index (χ2v) is 10.3. The van der Waals surface area contributed by atoms with Gasteiger partial charge in [-0.1, -0.05) is 19.3 Å². The first kappa shape index (κ1) is 22.6. The van der Waals surface area contributed by atoms with Gasteiger partial charge in [0.05, 0.1) is 25.1 Å². The molecule has 2 N–H and O–H groups in total. The fraction of sp³-hybridized carbons (Fsp3) is 0.731. The van der Waals surface area contributed by atoms with E-state index in [2.05, 4.69) is 42.7 Å². The van der Waals surface area contributed by atoms with E-state index in [0.29, 0.717) is 12.1 Å². The summed E-state index contributed by atoms with van der Waals surface area (Å²) in [5.41, 5.74) is 3.72. The molecule has 0 aromatic heterocycles. The van der Waals surface area contributed by atoms with Crippen LogP contribution in [0.5, 0.6) is 0 Å². The molecule has 3 aliphatic rings. The second-order valence-electron chi connectivity index (χ2n) is 10.3. The third-order valence-electron chi connectivity index (χ3n) is 8.66. The Hall–Kier alpha value is -1.59. The zero-order chi connectivity index (χ0) is 21.9. The number of ether oxygens (including phenoxy) is 1. The van der Waals surface area contributed by atoms with Gasteiger partial charge in [-0.05, 0) is 44.7 Å². The Morgan fingerprint density at radius 2 is 2.03 bits per heavy atom. The van der Waals surface area contributed by atoms with E-state index >= 15 is 0 Å². The monoisotopic (exact) mass is 428 g/mol. The highest BCUT2D eigenvalue weighted by molar-refractivity contribution is 5.77. The van der Waals surface area contributed by atoms with E-state index < -0.39 is 0 Å². The van der Waals surface area contributed by atoms with Gasteiger partial charge in [-0.15, -0.1) is 0 Å². The lowest BCUT2D eigenvalue weighted by atomic mass is 9.72. The Bertz CT molecular complexity index is 768. The summed E-state index contributed by atoms with van der Waals surface area (Å²) in [6.45, 7) is 9.05. The summed E-state index contributed by atoms with van der Waals surface area (Å²) >= 11 is 0. The maximum absolute atomic E-state index is 12.5. The fourth-order valence-corrected chi connectivity index (χ4v) is 6.81. The number of carbonyl (C=O) groups is 1. The van der Waals surface area contributed by atoms with Crippen molar-refractivity contribution in [1.29, 1.82) is 0 Å². The molecule has 2 saturated heterocycles. The predicted molar refractivity (Wildman–Crippen MR) is 128 cm³/mol. The molecule has 2 heterocycles. The lowest BCUT2D eigenvalue weighted by Crippen LogP contribution is -2.59. The Morgan fingerprint density at radius 3 is 2.65 bits per heavy atom. The average Bonchev–Trinajstić information content (AvgIpc) is 3.45. The molecule has 4 rings (SSSR count). The summed E-state index contributed by atoms with van der Waals surface area (Å²) < 4.78 is 6.34. The summed E-state index contributed by atoms with van der Waals surface area (Å²) in [5, 5.41) is 7.25. The zero-order valence-electron chi connectivity index (χ0n) is 19.8. The molecule has 1 unspecified atom stereocenters. The summed E-state index contributed by atoms with van der Waals surface area (Å²) in [5.74, 6) is -0.0132. The van der Waals surface area contributed by atoms with Crippen LogP contribution in [0.2, 0.25) is 0 Å². The van der Waals surface area contributed by atoms with Gasteiger partial charge in [-0.2, -0.15) is 0 Å². The van der Waals surface area contributed by atoms with Crippen LogP contribution in [0.15, 0.2) is 18.2 Å². The molecule has 1 aliphatic carbocycles. The van der Waals surface area contributed by atoms with Crippen molar-refractivity contribution in [2.75, 3.05) is 38.6 Å². The number of quaternary nitrogens is 1. The molecule has 0 bridgehead atoms. The van der Waals surface area contributed by atoms with Gasteiger partial charge in [0.15, 0.2) is 0 Å². The molecule has 0 radical (unpaired) electrons. The number of rotatable bonds is 7. The van der Waals surface area contributed by atoms with Gasteiger partial charge in [0, 0.05) is 56.7 Å². The maximum Gasteiger partial charge on any atom is 0.311 e. The van der Waals surface area contributed by atoms with Crippen molar-refractivity contribution >= 4 is 17.3 Å². The van der Waals surface area contributed by atoms with Crippen LogP contribution >= 0.6 is 0 Å². The summed E-state index contributed by atoms with van der Waals surface area (Å²) in [7, 11) is 1.53. The minimum Gasteiger partial charge on any atom is -0.469 e. The lowest BCUT2D eigenvalue weighted by Gasteiger charge is -2.43. The Morgan fingerprint density at radius 1 is 1.23 bits per heavy atom. The number of nitrogens with zero attached hydrogens (tertiary/aromatic N) is 1. The van der Waals surface area contributed by atoms with Crippen LogP contribution in [0.25, 0.3) is 0 Å². The molecule has 5 nitrogen and oxygen atoms in total. The molecule has 172 valence electrons. The number of aryl methyl sites for hydroxylation is 1. The van der Waals surface area contributed by atoms with Crippen LogP contribution in [0, 0.1) is 12.3 Å². The first-order chi connectivity index (χ1) is 15.0. The third kappa shape index (κ3) is 4.23. The van der Waals surface area contributed by atoms with E-state index in [9.17, 15) is 4.79 Å². The third-order valence-corrected chi connectivity index (χ3v) is 8.66. The first-order valence-electron chi connectivity index (χ1n) is 12.5. The maximum atomic E-state index is 12.5. The van der Waals surface area contributed by atoms with Gasteiger partial charge in [0.25, 0.3) is 0 Å². The number of hydrogen-bond acceptors (Lipinski definition) is 4. The number of anilines is 1. The van der Waals surface area contributed by atoms with Crippen LogP contribution in [0.4, 0.5) is 11.4 Å². The highest BCUT2D eigenvalue weighted by Crippen LogP contribution is 2.42. The van der Waals surface area contributed by atoms with E-state index in [1.54, 1.807) is 0 Å². The summed E-state index contributed by atoms with van der Waals surface area (Å²) in [6, 6.07) is 8.46. The van der Waals surface area contributed by atoms with Crippen LogP contribution in [0.3, 0.4) is 0 Å². The molecule has 3 atom stereocenters. The minimum absolute atomic E-state index is 0.0132. The van der Waals surface area contributed by atoms with Gasteiger partial charge >= 0.3 is 5.97 Å². The van der Waals surface area contributed by atoms with E-state index in [1.807, 2.05) is 0 Å². The predicted octanol–water partition coefficient (Wildman–Crippen LogP) is 4.77. The molecule has 0 spiro atoms. The molecule has 3 fully saturated rings. The Kier molecular flexibility index (Phi) is 6.92. The van der Waals surface area contributed by atoms with E-state index in [1.165, 1.54) is 56.3 Å². The van der Waals surface area contributed by atoms with Gasteiger partial charge in [-0.3, -0.25) is 9.28 Å². The lowest BCUT2D eigenvalue weighted by molar-refractivity contribution is -0.155. The molecule has 0 amide bonds. The second kappa shape index (κ2) is 9.50. The average molecular weight is 429 g/mol. The smallest absolute Gasteiger partial charge is 0.311 e. The van der Waals surface area contributed by atoms with Crippen LogP contribution in [0.1, 0.15) is 70.3 Å². The van der Waals surface area contributed by atoms with Crippen molar-refractivity contribution in [3.05, 3.63) is 23.8 Å². The quantitative estimate of drug-likeness (QED) is 0.485. The number of nitrogens with one attached hydrogen (secondary N) is 2. The van der Waals surface area contributed by atoms with Crippen molar-refractivity contribution in [2.45, 2.75) is 83.7 Å². The zero-order valence-corrected chi connectivity index (χ0v) is 19.8. The molecule has 1 saturated carbocycles. The number of benzene rings is 1. The van der Waals surface area contributed by atoms with Crippen LogP contribution in [-0.2, 0) is 9.53 Å². The highest BCUT2D eigenvalue weighted by Gasteiger charge is 2.48. The van der Waals surface area contributed by atoms with Gasteiger partial charge < -0.3 is 15.4 Å². The topological polar surface area (TPSA) is 50.4 Å². The summed E-state index contributed by atoms with van der Waals surface area (Å²) in [4.78, 5) is 12.5. The van der Waals surface area contributed by atoms with Gasteiger partial charge in [0.1, 0.15) is 11.7 Å². The van der Waals surface area contributed by atoms with Crippen molar-refractivity contribution in [1.82, 2.24) is 9.80 Å². The standard InChI is InChI=1S/C26H42N3O2/c1-20-18-22(29(17-7-8-21(29)2)23-11-15-27-19-23)9-10-24(20)28-16-14-26(25(30)31-3)12-5-4-6-13-26/h9-10,18,21,23,27-28H,4-8,11-17,19H2,1-3H3/q+1/t21-,23-,29?/m0/s1. The number of methoxy groups -OCH3 is 1. The SMILES string of the molecule is COC(=O)C1(CCNc2ccc([N+]3([C@H]4CCNC4)CCC[C@@H]3C)cc2C)CCCCC1. The van der Waals surface area contributed by atoms with Crippen molar-refractivity contribution in [3.8, 4) is 0 Å². The van der Waals surface area contributed by atoms with E-state index in [-0.39, 0.29) is 11.4 Å². The molecule has 1 aromatic carbocycles. The fourth-order valence-electron chi connectivity index (χ4n) is 6.81. The van der Waals surface area contributed by atoms with Crippen molar-refractivity contribution in [3.63, 3.8) is 0 Å². The van der Waals surface area contributed by atoms with Crippen LogP contribution < -0.4 is 15.1 Å². The van der Waals surface area contributed by atoms with Gasteiger partial charge in [-0.25, -0.2) is 0 Å². The Labute approximate surface area is 188 Å². The molecule has 31 heavy (non-hydrogen) atoms. The molecule has 1 aromatic rings. The normalized spacial score (nSPS) is 30.3. The largest absolute Gasteiger partial charge is 0.469 e. The van der Waals surface area contributed by atoms with E-state index in [4.69, 9.17) is 4.74 Å². The molecular formula is C26H42N3O2+. The Balaban J connectivity index is 1.47. The summed E-state index contributed by atoms with van der Waals surface area (Å²) in [6.07, 6.45) is 10.2. The molecule has 2 aliphatic heterocycles. The number of hydrogen-bond donors (Lipinski definition) is 2. The number of esters is 1. The number of carbonyl (C=O) groups excluding carboxylic acids is 1.